The number of carbonyl (C=O) groups excluding carboxylic acids is 1. The number of nitrogens with zero attached hydrogens (tertiary/aromatic N) is 2. The third-order valence-electron chi connectivity index (χ3n) is 5.12. The maximum Gasteiger partial charge on any atom is 0.407 e. The van der Waals surface area contributed by atoms with Crippen LogP contribution >= 0.6 is 0 Å². The SMILES string of the molecule is [C-]#[N+]c1ccc(CC(=O)[C@@](C)(O)CN(c2ccccc2)c2ccc(F)cc2)cc1C(F)(F)F. The Morgan fingerprint density at radius 3 is 2.18 bits per heavy atom. The molecule has 33 heavy (non-hydrogen) atoms. The monoisotopic (exact) mass is 456 g/mol. The van der Waals surface area contributed by atoms with Gasteiger partial charge in [-0.05, 0) is 48.9 Å². The summed E-state index contributed by atoms with van der Waals surface area (Å²) in [7, 11) is 0. The number of para-hydroxylation sites is 1. The topological polar surface area (TPSA) is 44.9 Å². The number of aliphatic hydroxyl groups is 1. The molecule has 0 aliphatic carbocycles. The van der Waals surface area contributed by atoms with Crippen molar-refractivity contribution in [1.82, 2.24) is 0 Å². The van der Waals surface area contributed by atoms with Gasteiger partial charge in [0.05, 0.1) is 18.7 Å². The number of halogens is 4. The molecule has 3 rings (SSSR count). The third kappa shape index (κ3) is 5.76. The third-order valence-corrected chi connectivity index (χ3v) is 5.12. The number of Topliss-reactive ketones (excluding diaryl/α,β-unsaturated/α-hetero) is 1. The molecule has 1 N–H and O–H groups in total. The van der Waals surface area contributed by atoms with Crippen LogP contribution in [-0.2, 0) is 17.4 Å². The summed E-state index contributed by atoms with van der Waals surface area (Å²) in [6.45, 7) is 7.99. The molecular formula is C25H20F4N2O2. The molecule has 0 aliphatic heterocycles. The van der Waals surface area contributed by atoms with E-state index in [-0.39, 0.29) is 12.1 Å². The maximum atomic E-state index is 13.4. The van der Waals surface area contributed by atoms with Crippen molar-refractivity contribution in [3.63, 3.8) is 0 Å². The van der Waals surface area contributed by atoms with Crippen LogP contribution in [0.1, 0.15) is 18.1 Å². The van der Waals surface area contributed by atoms with Crippen LogP contribution in [0.25, 0.3) is 4.85 Å². The molecule has 0 aliphatic rings. The average molecular weight is 456 g/mol. The second kappa shape index (κ2) is 9.43. The first-order chi connectivity index (χ1) is 15.5. The molecule has 0 bridgehead atoms. The van der Waals surface area contributed by atoms with Gasteiger partial charge in [0.25, 0.3) is 0 Å². The quantitative estimate of drug-likeness (QED) is 0.345. The molecule has 3 aromatic rings. The molecule has 0 fully saturated rings. The molecule has 0 aromatic heterocycles. The Morgan fingerprint density at radius 1 is 1.00 bits per heavy atom. The summed E-state index contributed by atoms with van der Waals surface area (Å²) in [5.74, 6) is -1.15. The number of hydrogen-bond donors (Lipinski definition) is 1. The number of carbonyl (C=O) groups is 1. The zero-order valence-electron chi connectivity index (χ0n) is 17.6. The lowest BCUT2D eigenvalue weighted by Gasteiger charge is -2.32. The fourth-order valence-corrected chi connectivity index (χ4v) is 3.35. The van der Waals surface area contributed by atoms with E-state index in [1.54, 1.807) is 35.2 Å². The molecule has 0 saturated carbocycles. The van der Waals surface area contributed by atoms with E-state index < -0.39 is 41.0 Å². The van der Waals surface area contributed by atoms with E-state index in [0.717, 1.165) is 12.1 Å². The smallest absolute Gasteiger partial charge is 0.380 e. The molecule has 0 spiro atoms. The summed E-state index contributed by atoms with van der Waals surface area (Å²) >= 11 is 0. The highest BCUT2D eigenvalue weighted by Crippen LogP contribution is 2.37. The summed E-state index contributed by atoms with van der Waals surface area (Å²) in [5, 5.41) is 11.0. The zero-order valence-corrected chi connectivity index (χ0v) is 17.6. The van der Waals surface area contributed by atoms with Crippen molar-refractivity contribution in [2.45, 2.75) is 25.1 Å². The lowest BCUT2D eigenvalue weighted by Crippen LogP contribution is -2.46. The number of ketones is 1. The Kier molecular flexibility index (Phi) is 6.84. The molecule has 0 radical (unpaired) electrons. The van der Waals surface area contributed by atoms with Gasteiger partial charge in [0, 0.05) is 17.8 Å². The largest absolute Gasteiger partial charge is 0.407 e. The van der Waals surface area contributed by atoms with Crippen molar-refractivity contribution in [1.29, 1.82) is 0 Å². The molecule has 0 saturated heterocycles. The summed E-state index contributed by atoms with van der Waals surface area (Å²) in [5.41, 5.74) is -2.43. The van der Waals surface area contributed by atoms with Gasteiger partial charge in [-0.1, -0.05) is 36.4 Å². The van der Waals surface area contributed by atoms with Crippen molar-refractivity contribution in [3.8, 4) is 0 Å². The zero-order chi connectivity index (χ0) is 24.2. The van der Waals surface area contributed by atoms with E-state index in [1.807, 2.05) is 0 Å². The molecule has 170 valence electrons. The van der Waals surface area contributed by atoms with Gasteiger partial charge in [0.1, 0.15) is 11.4 Å². The summed E-state index contributed by atoms with van der Waals surface area (Å²) in [6, 6.07) is 17.4. The van der Waals surface area contributed by atoms with Crippen molar-refractivity contribution >= 4 is 22.8 Å². The van der Waals surface area contributed by atoms with Crippen LogP contribution < -0.4 is 4.90 Å². The van der Waals surface area contributed by atoms with Crippen LogP contribution in [0.3, 0.4) is 0 Å². The lowest BCUT2D eigenvalue weighted by molar-refractivity contribution is -0.137. The van der Waals surface area contributed by atoms with Gasteiger partial charge in [-0.25, -0.2) is 9.24 Å². The van der Waals surface area contributed by atoms with Gasteiger partial charge in [-0.2, -0.15) is 13.2 Å². The highest BCUT2D eigenvalue weighted by Gasteiger charge is 2.36. The Morgan fingerprint density at radius 2 is 1.61 bits per heavy atom. The van der Waals surface area contributed by atoms with Crippen LogP contribution in [0.5, 0.6) is 0 Å². The highest BCUT2D eigenvalue weighted by atomic mass is 19.4. The van der Waals surface area contributed by atoms with E-state index in [1.165, 1.54) is 37.3 Å². The number of benzene rings is 3. The minimum absolute atomic E-state index is 0.0352. The highest BCUT2D eigenvalue weighted by molar-refractivity contribution is 5.90. The van der Waals surface area contributed by atoms with E-state index >= 15 is 0 Å². The minimum atomic E-state index is -4.74. The molecular weight excluding hydrogens is 436 g/mol. The van der Waals surface area contributed by atoms with Gasteiger partial charge in [-0.3, -0.25) is 4.79 Å². The normalized spacial score (nSPS) is 13.1. The number of alkyl halides is 3. The van der Waals surface area contributed by atoms with Crippen LogP contribution in [0.15, 0.2) is 72.8 Å². The molecule has 4 nitrogen and oxygen atoms in total. The Labute approximate surface area is 188 Å². The first-order valence-electron chi connectivity index (χ1n) is 9.93. The first kappa shape index (κ1) is 24.0. The summed E-state index contributed by atoms with van der Waals surface area (Å²) in [6.07, 6.45) is -5.20. The minimum Gasteiger partial charge on any atom is -0.380 e. The molecule has 0 amide bonds. The fourth-order valence-electron chi connectivity index (χ4n) is 3.35. The van der Waals surface area contributed by atoms with Crippen LogP contribution in [0.2, 0.25) is 0 Å². The van der Waals surface area contributed by atoms with Crippen molar-refractivity contribution < 1.29 is 27.5 Å². The number of hydrogen-bond acceptors (Lipinski definition) is 3. The standard InChI is InChI=1S/C25H20F4N2O2/c1-24(33,23(32)15-17-8-13-22(30-2)21(14-17)25(27,28)29)16-31(19-6-4-3-5-7-19)20-11-9-18(26)10-12-20/h3-14,33H,15-16H2,1H3/t24-/m0/s1. The predicted octanol–water partition coefficient (Wildman–Crippen LogP) is 6.10. The summed E-state index contributed by atoms with van der Waals surface area (Å²) < 4.78 is 53.2. The van der Waals surface area contributed by atoms with Crippen LogP contribution in [0, 0.1) is 12.4 Å². The number of anilines is 2. The van der Waals surface area contributed by atoms with Gasteiger partial charge in [0.15, 0.2) is 11.5 Å². The Balaban J connectivity index is 1.88. The van der Waals surface area contributed by atoms with Gasteiger partial charge >= 0.3 is 6.18 Å². The second-order valence-corrected chi connectivity index (χ2v) is 7.73. The Hall–Kier alpha value is -3.70. The lowest BCUT2D eigenvalue weighted by atomic mass is 9.93. The van der Waals surface area contributed by atoms with E-state index in [4.69, 9.17) is 6.57 Å². The summed E-state index contributed by atoms with van der Waals surface area (Å²) in [4.78, 5) is 17.4. The molecule has 3 aromatic carbocycles. The molecule has 8 heteroatoms. The van der Waals surface area contributed by atoms with E-state index in [2.05, 4.69) is 4.85 Å². The average Bonchev–Trinajstić information content (AvgIpc) is 2.78. The second-order valence-electron chi connectivity index (χ2n) is 7.73. The first-order valence-corrected chi connectivity index (χ1v) is 9.93. The Bertz CT molecular complexity index is 1170. The van der Waals surface area contributed by atoms with Crippen LogP contribution in [0.4, 0.5) is 34.6 Å². The fraction of sp³-hybridized carbons (Fsp3) is 0.200. The van der Waals surface area contributed by atoms with Crippen molar-refractivity contribution in [2.75, 3.05) is 11.4 Å². The number of rotatable bonds is 7. The van der Waals surface area contributed by atoms with Gasteiger partial charge in [-0.15, -0.1) is 0 Å². The van der Waals surface area contributed by atoms with E-state index in [0.29, 0.717) is 11.4 Å². The van der Waals surface area contributed by atoms with Crippen molar-refractivity contribution in [3.05, 3.63) is 101 Å². The van der Waals surface area contributed by atoms with Crippen LogP contribution in [-0.4, -0.2) is 23.0 Å². The van der Waals surface area contributed by atoms with Gasteiger partial charge in [0.2, 0.25) is 0 Å². The molecule has 1 atom stereocenters. The van der Waals surface area contributed by atoms with Crippen molar-refractivity contribution in [2.24, 2.45) is 0 Å². The molecule has 0 unspecified atom stereocenters. The van der Waals surface area contributed by atoms with Gasteiger partial charge < -0.3 is 10.0 Å². The maximum absolute atomic E-state index is 13.4. The molecule has 0 heterocycles. The predicted molar refractivity (Wildman–Crippen MR) is 117 cm³/mol. The van der Waals surface area contributed by atoms with E-state index in [9.17, 15) is 27.5 Å².